The normalized spacial score (nSPS) is 19.8. The lowest BCUT2D eigenvalue weighted by Crippen LogP contribution is -2.61. The molecule has 1 fully saturated rings. The van der Waals surface area contributed by atoms with Gasteiger partial charge in [0.05, 0.1) is 25.4 Å². The Hall–Kier alpha value is -2.12. The van der Waals surface area contributed by atoms with Gasteiger partial charge in [-0.25, -0.2) is 0 Å². The molecule has 0 saturated carbocycles. The van der Waals surface area contributed by atoms with Gasteiger partial charge >= 0.3 is 5.97 Å². The van der Waals surface area contributed by atoms with Crippen molar-refractivity contribution in [2.75, 3.05) is 13.2 Å². The lowest BCUT2D eigenvalue weighted by Gasteiger charge is -2.41. The van der Waals surface area contributed by atoms with Gasteiger partial charge in [0.1, 0.15) is 24.4 Å². The molecule has 0 aromatic heterocycles. The number of aliphatic hydroxyl groups is 5. The largest absolute Gasteiger partial charge is 0.454 e. The van der Waals surface area contributed by atoms with Crippen LogP contribution in [0, 0.1) is 0 Å². The molecule has 416 valence electrons. The van der Waals surface area contributed by atoms with Crippen molar-refractivity contribution in [3.05, 3.63) is 36.5 Å². The highest BCUT2D eigenvalue weighted by atomic mass is 16.7. The average Bonchev–Trinajstić information content (AvgIpc) is 3.37. The maximum atomic E-state index is 13.4. The van der Waals surface area contributed by atoms with Crippen molar-refractivity contribution in [1.82, 2.24) is 5.32 Å². The van der Waals surface area contributed by atoms with Crippen LogP contribution in [0.3, 0.4) is 0 Å². The summed E-state index contributed by atoms with van der Waals surface area (Å²) < 4.78 is 17.6. The van der Waals surface area contributed by atoms with Crippen molar-refractivity contribution in [3.63, 3.8) is 0 Å². The zero-order valence-electron chi connectivity index (χ0n) is 45.9. The molecule has 1 aliphatic rings. The number of hydrogen-bond donors (Lipinski definition) is 6. The highest BCUT2D eigenvalue weighted by molar-refractivity contribution is 5.80. The highest BCUT2D eigenvalue weighted by Crippen LogP contribution is 2.26. The van der Waals surface area contributed by atoms with Gasteiger partial charge in [0.25, 0.3) is 0 Å². The second-order valence-electron chi connectivity index (χ2n) is 20.7. The van der Waals surface area contributed by atoms with Gasteiger partial charge in [-0.1, -0.05) is 243 Å². The third-order valence-electron chi connectivity index (χ3n) is 14.0. The number of aliphatic hydroxyl groups excluding tert-OH is 5. The summed E-state index contributed by atoms with van der Waals surface area (Å²) in [6.07, 6.45) is 46.1. The van der Waals surface area contributed by atoms with E-state index in [0.29, 0.717) is 19.3 Å². The number of carbonyl (C=O) groups is 2. The zero-order valence-corrected chi connectivity index (χ0v) is 45.9. The van der Waals surface area contributed by atoms with E-state index in [1.807, 2.05) is 6.08 Å². The van der Waals surface area contributed by atoms with Crippen LogP contribution in [-0.4, -0.2) is 99.6 Å². The second-order valence-corrected chi connectivity index (χ2v) is 20.7. The van der Waals surface area contributed by atoms with E-state index in [9.17, 15) is 35.1 Å². The Morgan fingerprint density at radius 3 is 1.46 bits per heavy atom. The van der Waals surface area contributed by atoms with E-state index in [4.69, 9.17) is 14.2 Å². The van der Waals surface area contributed by atoms with Crippen LogP contribution in [0.5, 0.6) is 0 Å². The van der Waals surface area contributed by atoms with Gasteiger partial charge in [-0.2, -0.15) is 0 Å². The Bertz CT molecular complexity index is 1290. The molecule has 0 spiro atoms. The average molecular weight is 1010 g/mol. The van der Waals surface area contributed by atoms with E-state index in [0.717, 1.165) is 77.0 Å². The number of unbranched alkanes of at least 4 members (excludes halogenated alkanes) is 32. The Morgan fingerprint density at radius 1 is 0.549 bits per heavy atom. The van der Waals surface area contributed by atoms with Gasteiger partial charge in [0.15, 0.2) is 12.4 Å². The molecule has 8 atom stereocenters. The fraction of sp³-hybridized carbons (Fsp3) is 0.867. The molecule has 1 heterocycles. The minimum Gasteiger partial charge on any atom is -0.454 e. The number of esters is 1. The third kappa shape index (κ3) is 37.3. The summed E-state index contributed by atoms with van der Waals surface area (Å²) >= 11 is 0. The quantitative estimate of drug-likeness (QED) is 0.0195. The fourth-order valence-electron chi connectivity index (χ4n) is 9.27. The summed E-state index contributed by atoms with van der Waals surface area (Å²) in [6.45, 7) is 5.76. The number of carbonyl (C=O) groups excluding carboxylic acids is 2. The van der Waals surface area contributed by atoms with Gasteiger partial charge < -0.3 is 45.1 Å². The molecule has 6 N–H and O–H groups in total. The zero-order chi connectivity index (χ0) is 51.8. The number of rotatable bonds is 50. The molecular weight excluding hydrogens is 895 g/mol. The predicted molar refractivity (Wildman–Crippen MR) is 292 cm³/mol. The number of ether oxygens (including phenoxy) is 3. The Labute approximate surface area is 434 Å². The summed E-state index contributed by atoms with van der Waals surface area (Å²) in [5.41, 5.74) is 0. The molecular formula is C60H111NO10. The Balaban J connectivity index is 2.71. The van der Waals surface area contributed by atoms with Crippen LogP contribution >= 0.6 is 0 Å². The molecule has 0 aliphatic carbocycles. The molecule has 0 aromatic carbocycles. The first-order chi connectivity index (χ1) is 34.7. The second kappa shape index (κ2) is 48.8. The van der Waals surface area contributed by atoms with Crippen molar-refractivity contribution < 1.29 is 49.3 Å². The van der Waals surface area contributed by atoms with Gasteiger partial charge in [-0.05, 0) is 57.8 Å². The van der Waals surface area contributed by atoms with Gasteiger partial charge in [0.2, 0.25) is 5.91 Å². The SMILES string of the molecule is CCCCC/C=C\C/C=C\CCCCCCCCCC(=O)OC1C(OCC(NC(=O)C(O)CCCCCCCCCCCCCCC)C(O)/C=C/CCCCCCCCCCCC)OC(CO)C(O)C1O. The fourth-order valence-corrected chi connectivity index (χ4v) is 9.27. The molecule has 11 heteroatoms. The molecule has 0 radical (unpaired) electrons. The van der Waals surface area contributed by atoms with Crippen molar-refractivity contribution in [2.24, 2.45) is 0 Å². The van der Waals surface area contributed by atoms with Crippen LogP contribution in [0.1, 0.15) is 271 Å². The summed E-state index contributed by atoms with van der Waals surface area (Å²) in [5, 5.41) is 56.8. The first-order valence-corrected chi connectivity index (χ1v) is 29.8. The summed E-state index contributed by atoms with van der Waals surface area (Å²) in [4.78, 5) is 26.5. The van der Waals surface area contributed by atoms with Crippen molar-refractivity contribution >= 4 is 11.9 Å². The van der Waals surface area contributed by atoms with E-state index in [1.165, 1.54) is 148 Å². The van der Waals surface area contributed by atoms with E-state index < -0.39 is 67.4 Å². The standard InChI is InChI=1S/C60H111NO10/c1-4-7-10-13-16-19-22-25-26-27-28-30-33-36-39-42-45-48-55(65)71-58-57(67)56(66)54(49-62)70-60(58)69-50-51(52(63)46-43-40-37-34-31-24-21-18-15-12-9-6-3)61-59(68)53(64)47-44-41-38-35-32-29-23-20-17-14-11-8-5-2/h16,19,25-26,43,46,51-54,56-58,60,62-64,66-67H,4-15,17-18,20-24,27-42,44-45,47-50H2,1-3H3,(H,61,68)/b19-16-,26-25-,46-43+. The minimum atomic E-state index is -1.61. The molecule has 8 unspecified atom stereocenters. The Kier molecular flexibility index (Phi) is 46.0. The van der Waals surface area contributed by atoms with Crippen LogP contribution in [0.2, 0.25) is 0 Å². The summed E-state index contributed by atoms with van der Waals surface area (Å²) in [6, 6.07) is -1.02. The number of allylic oxidation sites excluding steroid dienone is 5. The lowest BCUT2D eigenvalue weighted by atomic mass is 9.99. The topological polar surface area (TPSA) is 175 Å². The Morgan fingerprint density at radius 2 is 0.972 bits per heavy atom. The predicted octanol–water partition coefficient (Wildman–Crippen LogP) is 13.5. The van der Waals surface area contributed by atoms with Gasteiger partial charge in [-0.15, -0.1) is 0 Å². The summed E-state index contributed by atoms with van der Waals surface area (Å²) in [7, 11) is 0. The van der Waals surface area contributed by atoms with Crippen molar-refractivity contribution in [1.29, 1.82) is 0 Å². The molecule has 1 amide bonds. The van der Waals surface area contributed by atoms with Crippen molar-refractivity contribution in [3.8, 4) is 0 Å². The molecule has 0 aromatic rings. The van der Waals surface area contributed by atoms with Crippen LogP contribution in [0.15, 0.2) is 36.5 Å². The van der Waals surface area contributed by atoms with Crippen LogP contribution < -0.4 is 5.32 Å². The first kappa shape index (κ1) is 66.9. The van der Waals surface area contributed by atoms with E-state index in [-0.39, 0.29) is 13.0 Å². The van der Waals surface area contributed by atoms with Gasteiger partial charge in [-0.3, -0.25) is 9.59 Å². The first-order valence-electron chi connectivity index (χ1n) is 29.8. The molecule has 0 bridgehead atoms. The number of amides is 1. The van der Waals surface area contributed by atoms with E-state index >= 15 is 0 Å². The number of hydrogen-bond acceptors (Lipinski definition) is 10. The molecule has 1 rings (SSSR count). The van der Waals surface area contributed by atoms with Crippen LogP contribution in [-0.2, 0) is 23.8 Å². The third-order valence-corrected chi connectivity index (χ3v) is 14.0. The maximum Gasteiger partial charge on any atom is 0.306 e. The number of nitrogens with one attached hydrogen (secondary N) is 1. The molecule has 11 nitrogen and oxygen atoms in total. The van der Waals surface area contributed by atoms with Gasteiger partial charge in [0, 0.05) is 6.42 Å². The van der Waals surface area contributed by atoms with Crippen LogP contribution in [0.4, 0.5) is 0 Å². The van der Waals surface area contributed by atoms with E-state index in [1.54, 1.807) is 6.08 Å². The summed E-state index contributed by atoms with van der Waals surface area (Å²) in [5.74, 6) is -1.19. The molecule has 1 saturated heterocycles. The smallest absolute Gasteiger partial charge is 0.306 e. The molecule has 1 aliphatic heterocycles. The minimum absolute atomic E-state index is 0.117. The van der Waals surface area contributed by atoms with Crippen LogP contribution in [0.25, 0.3) is 0 Å². The van der Waals surface area contributed by atoms with E-state index in [2.05, 4.69) is 50.4 Å². The highest BCUT2D eigenvalue weighted by Gasteiger charge is 2.47. The lowest BCUT2D eigenvalue weighted by molar-refractivity contribution is -0.305. The maximum absolute atomic E-state index is 13.4. The van der Waals surface area contributed by atoms with Crippen molar-refractivity contribution in [2.45, 2.75) is 320 Å². The monoisotopic (exact) mass is 1010 g/mol. The molecule has 71 heavy (non-hydrogen) atoms.